The lowest BCUT2D eigenvalue weighted by molar-refractivity contribution is 1.02. The van der Waals surface area contributed by atoms with Crippen molar-refractivity contribution in [1.82, 2.24) is 43.6 Å². The third kappa shape index (κ3) is 4.79. The monoisotopic (exact) mass is 657 g/mol. The molecule has 0 unspecified atom stereocenters. The summed E-state index contributed by atoms with van der Waals surface area (Å²) in [6.07, 6.45) is 5.40. The van der Waals surface area contributed by atoms with Crippen LogP contribution in [0.15, 0.2) is 164 Å². The Hall–Kier alpha value is -7.26. The molecule has 0 N–H and O–H groups in total. The van der Waals surface area contributed by atoms with Crippen LogP contribution < -0.4 is 0 Å². The van der Waals surface area contributed by atoms with Crippen molar-refractivity contribution in [1.29, 1.82) is 0 Å². The lowest BCUT2D eigenvalue weighted by atomic mass is 10.2. The van der Waals surface area contributed by atoms with Gasteiger partial charge < -0.3 is 0 Å². The fraction of sp³-hybridized carbons (Fsp3) is 0. The van der Waals surface area contributed by atoms with Gasteiger partial charge in [-0.1, -0.05) is 54.6 Å². The van der Waals surface area contributed by atoms with E-state index in [-0.39, 0.29) is 0 Å². The van der Waals surface area contributed by atoms with Gasteiger partial charge >= 0.3 is 0 Å². The maximum absolute atomic E-state index is 5.12. The van der Waals surface area contributed by atoms with Gasteiger partial charge in [-0.15, -0.1) is 0 Å². The molecule has 9 heteroatoms. The van der Waals surface area contributed by atoms with Crippen molar-refractivity contribution in [3.8, 4) is 51.6 Å². The maximum Gasteiger partial charge on any atom is 0.164 e. The van der Waals surface area contributed by atoms with Gasteiger partial charge in [0.15, 0.2) is 17.5 Å². The third-order valence-electron chi connectivity index (χ3n) is 9.03. The summed E-state index contributed by atoms with van der Waals surface area (Å²) in [6, 6.07) is 48.8. The van der Waals surface area contributed by atoms with Crippen LogP contribution in [0.5, 0.6) is 0 Å². The molecule has 0 spiro atoms. The molecule has 0 amide bonds. The first kappa shape index (κ1) is 28.7. The first-order valence-corrected chi connectivity index (χ1v) is 16.6. The molecule has 10 aromatic rings. The molecule has 6 heterocycles. The Kier molecular flexibility index (Phi) is 6.60. The molecule has 0 radical (unpaired) electrons. The molecule has 51 heavy (non-hydrogen) atoms. The number of para-hydroxylation sites is 6. The van der Waals surface area contributed by atoms with Gasteiger partial charge in [-0.2, -0.15) is 0 Å². The lowest BCUT2D eigenvalue weighted by Gasteiger charge is -2.18. The molecule has 0 saturated heterocycles. The standard InChI is InChI=1S/C42H27N9/c1-4-19-37-31(13-1)46-40(34-16-7-10-22-43-34)49(37)28-25-29(50-38-20-5-2-14-32(38)47-41(50)35-17-8-11-23-44-35)27-30(26-28)51-39-21-6-3-15-33(39)48-42(51)36-18-9-12-24-45-36/h1-27H. The molecule has 6 aromatic heterocycles. The molecule has 0 fully saturated rings. The third-order valence-corrected chi connectivity index (χ3v) is 9.03. The van der Waals surface area contributed by atoms with E-state index in [0.717, 1.165) is 84.7 Å². The van der Waals surface area contributed by atoms with Crippen LogP contribution in [0.4, 0.5) is 0 Å². The first-order chi connectivity index (χ1) is 25.3. The van der Waals surface area contributed by atoms with E-state index in [2.05, 4.69) is 50.1 Å². The predicted molar refractivity (Wildman–Crippen MR) is 200 cm³/mol. The summed E-state index contributed by atoms with van der Waals surface area (Å²) in [5, 5.41) is 0. The van der Waals surface area contributed by atoms with Gasteiger partial charge in [-0.3, -0.25) is 28.7 Å². The Morgan fingerprint density at radius 1 is 0.314 bits per heavy atom. The lowest BCUT2D eigenvalue weighted by Crippen LogP contribution is -2.06. The van der Waals surface area contributed by atoms with Crippen LogP contribution in [-0.2, 0) is 0 Å². The van der Waals surface area contributed by atoms with E-state index in [1.807, 2.05) is 109 Å². The van der Waals surface area contributed by atoms with E-state index in [1.165, 1.54) is 0 Å². The van der Waals surface area contributed by atoms with Gasteiger partial charge in [0.25, 0.3) is 0 Å². The summed E-state index contributed by atoms with van der Waals surface area (Å²) in [6.45, 7) is 0. The summed E-state index contributed by atoms with van der Waals surface area (Å²) < 4.78 is 6.55. The number of hydrogen-bond donors (Lipinski definition) is 0. The smallest absolute Gasteiger partial charge is 0.164 e. The summed E-state index contributed by atoms with van der Waals surface area (Å²) in [4.78, 5) is 29.6. The van der Waals surface area contributed by atoms with Crippen molar-refractivity contribution in [2.24, 2.45) is 0 Å². The molecule has 0 bridgehead atoms. The number of hydrogen-bond acceptors (Lipinski definition) is 6. The summed E-state index contributed by atoms with van der Waals surface area (Å²) in [5.41, 5.74) is 10.5. The highest BCUT2D eigenvalue weighted by molar-refractivity contribution is 5.87. The van der Waals surface area contributed by atoms with Crippen LogP contribution in [0.3, 0.4) is 0 Å². The van der Waals surface area contributed by atoms with Crippen LogP contribution in [0.25, 0.3) is 84.7 Å². The number of imidazole rings is 3. The van der Waals surface area contributed by atoms with Crippen LogP contribution in [0.1, 0.15) is 0 Å². The SMILES string of the molecule is c1ccc(-c2nc3ccccc3n2-c2cc(-n3c(-c4ccccn4)nc4ccccc43)cc(-n3c(-c4ccccn4)nc4ccccc43)c2)nc1. The largest absolute Gasteiger partial charge is 0.291 e. The van der Waals surface area contributed by atoms with E-state index >= 15 is 0 Å². The number of pyridine rings is 3. The number of aromatic nitrogens is 9. The van der Waals surface area contributed by atoms with Gasteiger partial charge in [-0.05, 0) is 91.0 Å². The minimum atomic E-state index is 0.737. The molecule has 9 nitrogen and oxygen atoms in total. The summed E-state index contributed by atoms with van der Waals surface area (Å²) >= 11 is 0. The predicted octanol–water partition coefficient (Wildman–Crippen LogP) is 8.89. The van der Waals surface area contributed by atoms with Crippen LogP contribution >= 0.6 is 0 Å². The molecule has 10 rings (SSSR count). The maximum atomic E-state index is 5.12. The number of nitrogens with zero attached hydrogens (tertiary/aromatic N) is 9. The minimum absolute atomic E-state index is 0.737. The minimum Gasteiger partial charge on any atom is -0.291 e. The molecule has 0 aliphatic heterocycles. The summed E-state index contributed by atoms with van der Waals surface area (Å²) in [7, 11) is 0. The topological polar surface area (TPSA) is 92.1 Å². The van der Waals surface area contributed by atoms with Crippen LogP contribution in [-0.4, -0.2) is 43.6 Å². The van der Waals surface area contributed by atoms with Gasteiger partial charge in [0, 0.05) is 18.6 Å². The van der Waals surface area contributed by atoms with Crippen LogP contribution in [0, 0.1) is 0 Å². The van der Waals surface area contributed by atoms with Crippen molar-refractivity contribution >= 4 is 33.1 Å². The van der Waals surface area contributed by atoms with Gasteiger partial charge in [0.2, 0.25) is 0 Å². The highest BCUT2D eigenvalue weighted by Gasteiger charge is 2.22. The molecule has 4 aromatic carbocycles. The normalized spacial score (nSPS) is 11.5. The Labute approximate surface area is 291 Å². The fourth-order valence-electron chi connectivity index (χ4n) is 6.83. The molecular formula is C42H27N9. The molecule has 0 saturated carbocycles. The van der Waals surface area contributed by atoms with Crippen LogP contribution in [0.2, 0.25) is 0 Å². The molecule has 0 aliphatic carbocycles. The Bertz CT molecular complexity index is 2530. The van der Waals surface area contributed by atoms with E-state index in [4.69, 9.17) is 29.9 Å². The zero-order valence-electron chi connectivity index (χ0n) is 27.1. The molecule has 0 aliphatic rings. The first-order valence-electron chi connectivity index (χ1n) is 16.6. The zero-order valence-corrected chi connectivity index (χ0v) is 27.1. The van der Waals surface area contributed by atoms with E-state index in [1.54, 1.807) is 18.6 Å². The van der Waals surface area contributed by atoms with Gasteiger partial charge in [-0.25, -0.2) is 15.0 Å². The van der Waals surface area contributed by atoms with Crippen molar-refractivity contribution in [3.05, 3.63) is 164 Å². The van der Waals surface area contributed by atoms with E-state index < -0.39 is 0 Å². The molecule has 0 atom stereocenters. The molecule has 240 valence electrons. The van der Waals surface area contributed by atoms with Gasteiger partial charge in [0.05, 0.1) is 50.2 Å². The second kappa shape index (κ2) is 11.7. The fourth-order valence-corrected chi connectivity index (χ4v) is 6.83. The Morgan fingerprint density at radius 2 is 0.608 bits per heavy atom. The zero-order chi connectivity index (χ0) is 33.7. The van der Waals surface area contributed by atoms with Crippen molar-refractivity contribution < 1.29 is 0 Å². The highest BCUT2D eigenvalue weighted by Crippen LogP contribution is 2.36. The van der Waals surface area contributed by atoms with Gasteiger partial charge in [0.1, 0.15) is 17.1 Å². The average Bonchev–Trinajstić information content (AvgIpc) is 3.91. The van der Waals surface area contributed by atoms with Crippen molar-refractivity contribution in [2.45, 2.75) is 0 Å². The average molecular weight is 658 g/mol. The second-order valence-electron chi connectivity index (χ2n) is 12.1. The number of fused-ring (bicyclic) bond motifs is 3. The second-order valence-corrected chi connectivity index (χ2v) is 12.1. The van der Waals surface area contributed by atoms with Crippen molar-refractivity contribution in [2.75, 3.05) is 0 Å². The number of rotatable bonds is 6. The van der Waals surface area contributed by atoms with Crippen molar-refractivity contribution in [3.63, 3.8) is 0 Å². The quantitative estimate of drug-likeness (QED) is 0.177. The summed E-state index contributed by atoms with van der Waals surface area (Å²) in [5.74, 6) is 2.21. The molecular weight excluding hydrogens is 631 g/mol. The number of benzene rings is 4. The Morgan fingerprint density at radius 3 is 0.902 bits per heavy atom. The van der Waals surface area contributed by atoms with E-state index in [9.17, 15) is 0 Å². The van der Waals surface area contributed by atoms with E-state index in [0.29, 0.717) is 0 Å². The Balaban J connectivity index is 1.34. The highest BCUT2D eigenvalue weighted by atomic mass is 15.1.